The molecule has 0 aromatic heterocycles. The van der Waals surface area contributed by atoms with Crippen LogP contribution in [0.15, 0.2) is 24.3 Å². The molecule has 0 spiro atoms. The molecule has 182 valence electrons. The molecule has 0 fully saturated rings. The van der Waals surface area contributed by atoms with E-state index in [1.54, 1.807) is 13.8 Å². The number of carbonyl (C=O) groups excluding carboxylic acids is 2. The molecule has 0 N–H and O–H groups in total. The maximum Gasteiger partial charge on any atom is 0.333 e. The molecule has 0 saturated heterocycles. The number of carbonyl (C=O) groups is 2. The minimum Gasteiger partial charge on any atom is -0.459 e. The highest BCUT2D eigenvalue weighted by Gasteiger charge is 2.05. The Morgan fingerprint density at radius 1 is 0.516 bits per heavy atom. The molecule has 0 aliphatic carbocycles. The summed E-state index contributed by atoms with van der Waals surface area (Å²) < 4.78 is 9.38. The first-order valence-electron chi connectivity index (χ1n) is 12.5. The first-order chi connectivity index (χ1) is 14.9. The van der Waals surface area contributed by atoms with Crippen LogP contribution in [-0.4, -0.2) is 25.2 Å². The van der Waals surface area contributed by atoms with Crippen molar-refractivity contribution in [3.05, 3.63) is 24.3 Å². The van der Waals surface area contributed by atoms with E-state index in [0.717, 1.165) is 0 Å². The van der Waals surface area contributed by atoms with Gasteiger partial charge in [0.15, 0.2) is 0 Å². The quantitative estimate of drug-likeness (QED) is 0.116. The summed E-state index contributed by atoms with van der Waals surface area (Å²) in [4.78, 5) is 21.7. The molecule has 0 heterocycles. The fourth-order valence-corrected chi connectivity index (χ4v) is 2.96. The highest BCUT2D eigenvalue weighted by molar-refractivity contribution is 5.87. The molecule has 31 heavy (non-hydrogen) atoms. The van der Waals surface area contributed by atoms with E-state index in [9.17, 15) is 9.59 Å². The first-order valence-corrected chi connectivity index (χ1v) is 12.5. The summed E-state index contributed by atoms with van der Waals surface area (Å²) in [5, 5.41) is 0. The van der Waals surface area contributed by atoms with Crippen molar-refractivity contribution < 1.29 is 19.1 Å². The average Bonchev–Trinajstić information content (AvgIpc) is 2.74. The van der Waals surface area contributed by atoms with E-state index in [2.05, 4.69) is 36.5 Å². The molecular weight excluding hydrogens is 388 g/mol. The summed E-state index contributed by atoms with van der Waals surface area (Å²) >= 11 is 0. The normalized spacial score (nSPS) is 10.1. The van der Waals surface area contributed by atoms with Crippen molar-refractivity contribution in [2.24, 2.45) is 0 Å². The topological polar surface area (TPSA) is 52.6 Å². The van der Waals surface area contributed by atoms with Crippen molar-refractivity contribution in [1.29, 1.82) is 0 Å². The van der Waals surface area contributed by atoms with Crippen LogP contribution in [0.4, 0.5) is 0 Å². The number of ether oxygens (including phenoxy) is 2. The fourth-order valence-electron chi connectivity index (χ4n) is 2.96. The zero-order valence-electron chi connectivity index (χ0n) is 21.1. The Labute approximate surface area is 192 Å². The van der Waals surface area contributed by atoms with Crippen LogP contribution >= 0.6 is 0 Å². The van der Waals surface area contributed by atoms with Gasteiger partial charge in [-0.15, -0.1) is 0 Å². The summed E-state index contributed by atoms with van der Waals surface area (Å²) in [6.45, 7) is 14.5. The average molecular weight is 439 g/mol. The molecule has 0 unspecified atom stereocenters. The van der Waals surface area contributed by atoms with Crippen LogP contribution < -0.4 is 0 Å². The summed E-state index contributed by atoms with van der Waals surface area (Å²) in [7, 11) is 0. The van der Waals surface area contributed by atoms with Gasteiger partial charge in [-0.25, -0.2) is 9.59 Å². The molecule has 0 amide bonds. The largest absolute Gasteiger partial charge is 0.459 e. The van der Waals surface area contributed by atoms with Crippen LogP contribution in [0.25, 0.3) is 0 Å². The minimum atomic E-state index is -0.489. The van der Waals surface area contributed by atoms with Gasteiger partial charge in [-0.05, 0) is 13.8 Å². The second-order valence-electron chi connectivity index (χ2n) is 8.43. The molecule has 0 aliphatic rings. The van der Waals surface area contributed by atoms with Gasteiger partial charge in [-0.1, -0.05) is 123 Å². The fraction of sp³-hybridized carbons (Fsp3) is 0.778. The molecule has 0 aromatic rings. The summed E-state index contributed by atoms with van der Waals surface area (Å²) in [5.74, 6) is -0.979. The van der Waals surface area contributed by atoms with Crippen LogP contribution in [-0.2, 0) is 19.1 Å². The Bertz CT molecular complexity index is 426. The van der Waals surface area contributed by atoms with Crippen LogP contribution in [0.5, 0.6) is 0 Å². The molecule has 0 saturated carbocycles. The molecule has 0 rings (SSSR count). The number of rotatable bonds is 19. The van der Waals surface area contributed by atoms with Gasteiger partial charge in [0, 0.05) is 11.1 Å². The van der Waals surface area contributed by atoms with Gasteiger partial charge in [0.05, 0.1) is 0 Å². The van der Waals surface area contributed by atoms with Crippen molar-refractivity contribution in [2.75, 3.05) is 13.2 Å². The standard InChI is InChI=1S/C17H36.C10H14O4/c1-3-5-7-9-11-13-15-17-16-14-12-10-8-6-4-2;1-7(2)9(11)13-5-6-14-10(12)8(3)4/h3-17H2,1-2H3;1,3,5-6H2,2,4H3. The monoisotopic (exact) mass is 438 g/mol. The maximum absolute atomic E-state index is 10.8. The Balaban J connectivity index is 0. The van der Waals surface area contributed by atoms with Crippen molar-refractivity contribution in [3.8, 4) is 0 Å². The lowest BCUT2D eigenvalue weighted by Gasteiger charge is -2.05. The highest BCUT2D eigenvalue weighted by Crippen LogP contribution is 2.13. The predicted molar refractivity (Wildman–Crippen MR) is 132 cm³/mol. The van der Waals surface area contributed by atoms with Crippen molar-refractivity contribution >= 4 is 11.9 Å². The lowest BCUT2D eigenvalue weighted by Crippen LogP contribution is -2.14. The van der Waals surface area contributed by atoms with E-state index in [-0.39, 0.29) is 13.2 Å². The van der Waals surface area contributed by atoms with Crippen molar-refractivity contribution in [2.45, 2.75) is 124 Å². The summed E-state index contributed by atoms with van der Waals surface area (Å²) in [5.41, 5.74) is 0.632. The van der Waals surface area contributed by atoms with Gasteiger partial charge in [-0.2, -0.15) is 0 Å². The lowest BCUT2D eigenvalue weighted by atomic mass is 10.0. The van der Waals surface area contributed by atoms with Gasteiger partial charge in [-0.3, -0.25) is 0 Å². The zero-order chi connectivity index (χ0) is 23.7. The molecule has 4 heteroatoms. The molecule has 0 aromatic carbocycles. The van der Waals surface area contributed by atoms with E-state index in [1.165, 1.54) is 96.3 Å². The minimum absolute atomic E-state index is 0.0325. The molecule has 0 radical (unpaired) electrons. The zero-order valence-corrected chi connectivity index (χ0v) is 21.1. The van der Waals surface area contributed by atoms with E-state index in [0.29, 0.717) is 11.1 Å². The summed E-state index contributed by atoms with van der Waals surface area (Å²) in [6.07, 6.45) is 21.9. The van der Waals surface area contributed by atoms with Crippen LogP contribution in [0.1, 0.15) is 124 Å². The third kappa shape index (κ3) is 26.4. The third-order valence-corrected chi connectivity index (χ3v) is 4.95. The van der Waals surface area contributed by atoms with Crippen LogP contribution in [0.2, 0.25) is 0 Å². The molecule has 0 bridgehead atoms. The lowest BCUT2D eigenvalue weighted by molar-refractivity contribution is -0.147. The number of hydrogen-bond donors (Lipinski definition) is 0. The molecule has 0 aliphatic heterocycles. The number of unbranched alkanes of at least 4 members (excludes halogenated alkanes) is 14. The Morgan fingerprint density at radius 3 is 0.935 bits per heavy atom. The smallest absolute Gasteiger partial charge is 0.333 e. The molecule has 4 nitrogen and oxygen atoms in total. The van der Waals surface area contributed by atoms with E-state index in [1.807, 2.05) is 0 Å². The second kappa shape index (κ2) is 24.7. The summed E-state index contributed by atoms with van der Waals surface area (Å²) in [6, 6.07) is 0. The van der Waals surface area contributed by atoms with Crippen LogP contribution in [0, 0.1) is 0 Å². The Kier molecular flexibility index (Phi) is 25.2. The third-order valence-electron chi connectivity index (χ3n) is 4.95. The maximum atomic E-state index is 10.8. The first kappa shape index (κ1) is 31.6. The predicted octanol–water partition coefficient (Wildman–Crippen LogP) is 8.10. The highest BCUT2D eigenvalue weighted by atomic mass is 16.6. The van der Waals surface area contributed by atoms with Crippen molar-refractivity contribution in [3.63, 3.8) is 0 Å². The van der Waals surface area contributed by atoms with E-state index in [4.69, 9.17) is 0 Å². The number of esters is 2. The molecule has 0 atom stereocenters. The van der Waals surface area contributed by atoms with Gasteiger partial charge in [0.1, 0.15) is 13.2 Å². The van der Waals surface area contributed by atoms with E-state index < -0.39 is 11.9 Å². The van der Waals surface area contributed by atoms with Crippen molar-refractivity contribution in [1.82, 2.24) is 0 Å². The SMILES string of the molecule is C=C(C)C(=O)OCCOC(=O)C(=C)C.CCCCCCCCCCCCCCCCC. The number of hydrogen-bond acceptors (Lipinski definition) is 4. The molecular formula is C27H50O4. The van der Waals surface area contributed by atoms with Gasteiger partial charge >= 0.3 is 11.9 Å². The Hall–Kier alpha value is -1.58. The second-order valence-corrected chi connectivity index (χ2v) is 8.43. The van der Waals surface area contributed by atoms with Gasteiger partial charge in [0.2, 0.25) is 0 Å². The van der Waals surface area contributed by atoms with Gasteiger partial charge in [0.25, 0.3) is 0 Å². The van der Waals surface area contributed by atoms with Crippen LogP contribution in [0.3, 0.4) is 0 Å². The van der Waals surface area contributed by atoms with E-state index >= 15 is 0 Å². The van der Waals surface area contributed by atoms with Gasteiger partial charge < -0.3 is 9.47 Å². The Morgan fingerprint density at radius 2 is 0.742 bits per heavy atom.